The van der Waals surface area contributed by atoms with Crippen LogP contribution in [0.25, 0.3) is 0 Å². The summed E-state index contributed by atoms with van der Waals surface area (Å²) in [6.07, 6.45) is 1.51. The predicted molar refractivity (Wildman–Crippen MR) is 77.4 cm³/mol. The van der Waals surface area contributed by atoms with Crippen LogP contribution in [0.5, 0.6) is 0 Å². The topological polar surface area (TPSA) is 102 Å². The number of anilines is 1. The maximum atomic E-state index is 12.3. The number of hydrazine groups is 1. The third kappa shape index (κ3) is 4.14. The van der Waals surface area contributed by atoms with Crippen LogP contribution < -0.4 is 16.6 Å². The van der Waals surface area contributed by atoms with E-state index in [4.69, 9.17) is 10.6 Å². The number of nitrogens with one attached hydrogen (secondary N) is 2. The second kappa shape index (κ2) is 6.62. The lowest BCUT2D eigenvalue weighted by molar-refractivity contribution is 0.0815. The Morgan fingerprint density at radius 2 is 2.15 bits per heavy atom. The van der Waals surface area contributed by atoms with Gasteiger partial charge < -0.3 is 15.5 Å². The smallest absolute Gasteiger partial charge is 0.272 e. The molecule has 0 fully saturated rings. The van der Waals surface area contributed by atoms with Crippen LogP contribution in [0.2, 0.25) is 0 Å². The summed E-state index contributed by atoms with van der Waals surface area (Å²) in [7, 11) is 1.59. The summed E-state index contributed by atoms with van der Waals surface area (Å²) in [5, 5.41) is 2.86. The van der Waals surface area contributed by atoms with Gasteiger partial charge in [0.25, 0.3) is 5.91 Å². The first-order valence-corrected chi connectivity index (χ1v) is 6.45. The van der Waals surface area contributed by atoms with E-state index >= 15 is 0 Å². The van der Waals surface area contributed by atoms with Crippen molar-refractivity contribution in [2.75, 3.05) is 19.1 Å². The van der Waals surface area contributed by atoms with Crippen molar-refractivity contribution in [2.45, 2.75) is 39.2 Å². The Hall–Kier alpha value is -1.73. The molecule has 112 valence electrons. The fraction of sp³-hybridized carbons (Fsp3) is 0.615. The van der Waals surface area contributed by atoms with E-state index in [9.17, 15) is 4.79 Å². The van der Waals surface area contributed by atoms with Gasteiger partial charge in [-0.25, -0.2) is 9.97 Å². The largest absolute Gasteiger partial charge is 0.382 e. The Bertz CT molecular complexity index is 474. The lowest BCUT2D eigenvalue weighted by Crippen LogP contribution is -2.47. The molecule has 0 saturated carbocycles. The van der Waals surface area contributed by atoms with Crippen LogP contribution in [0.4, 0.5) is 5.69 Å². The maximum absolute atomic E-state index is 12.3. The van der Waals surface area contributed by atoms with Gasteiger partial charge in [-0.15, -0.1) is 0 Å². The highest BCUT2D eigenvalue weighted by atomic mass is 16.5. The molecule has 0 aliphatic heterocycles. The molecule has 1 amide bonds. The number of aromatic nitrogens is 2. The summed E-state index contributed by atoms with van der Waals surface area (Å²) in [6, 6.07) is 0. The van der Waals surface area contributed by atoms with Crippen LogP contribution in [0.15, 0.2) is 6.20 Å². The Morgan fingerprint density at radius 3 is 2.65 bits per heavy atom. The molecule has 0 bridgehead atoms. The zero-order valence-electron chi connectivity index (χ0n) is 12.7. The second-order valence-electron chi connectivity index (χ2n) is 5.56. The van der Waals surface area contributed by atoms with Crippen molar-refractivity contribution >= 4 is 11.6 Å². The molecule has 0 spiro atoms. The molecule has 7 heteroatoms. The molecule has 0 saturated heterocycles. The monoisotopic (exact) mass is 281 g/mol. The Labute approximate surface area is 119 Å². The summed E-state index contributed by atoms with van der Waals surface area (Å²) < 4.78 is 5.07. The van der Waals surface area contributed by atoms with Gasteiger partial charge in [-0.1, -0.05) is 13.8 Å². The molecule has 0 unspecified atom stereocenters. The minimum atomic E-state index is -0.499. The van der Waals surface area contributed by atoms with Crippen molar-refractivity contribution in [3.05, 3.63) is 17.7 Å². The number of carbonyl (C=O) groups is 1. The molecule has 0 aromatic carbocycles. The number of ether oxygens (including phenoxy) is 1. The number of carbonyl (C=O) groups excluding carboxylic acids is 1. The van der Waals surface area contributed by atoms with Crippen LogP contribution >= 0.6 is 0 Å². The molecule has 1 aromatic rings. The van der Waals surface area contributed by atoms with Gasteiger partial charge in [-0.3, -0.25) is 10.6 Å². The zero-order valence-corrected chi connectivity index (χ0v) is 12.7. The van der Waals surface area contributed by atoms with Crippen molar-refractivity contribution in [3.63, 3.8) is 0 Å². The molecule has 20 heavy (non-hydrogen) atoms. The van der Waals surface area contributed by atoms with Gasteiger partial charge in [0.2, 0.25) is 0 Å². The van der Waals surface area contributed by atoms with Gasteiger partial charge in [0.1, 0.15) is 5.82 Å². The molecule has 4 N–H and O–H groups in total. The predicted octanol–water partition coefficient (Wildman–Crippen LogP) is 1.04. The maximum Gasteiger partial charge on any atom is 0.272 e. The van der Waals surface area contributed by atoms with Crippen molar-refractivity contribution < 1.29 is 9.53 Å². The van der Waals surface area contributed by atoms with E-state index in [1.165, 1.54) is 6.20 Å². The Morgan fingerprint density at radius 1 is 1.50 bits per heavy atom. The lowest BCUT2D eigenvalue weighted by atomic mass is 10.1. The molecule has 0 aliphatic carbocycles. The van der Waals surface area contributed by atoms with Crippen molar-refractivity contribution in [3.8, 4) is 0 Å². The average molecular weight is 281 g/mol. The van der Waals surface area contributed by atoms with E-state index in [0.717, 1.165) is 0 Å². The number of nitrogens with two attached hydrogens (primary N) is 1. The van der Waals surface area contributed by atoms with Crippen molar-refractivity contribution in [1.82, 2.24) is 15.3 Å². The van der Waals surface area contributed by atoms with Gasteiger partial charge in [0, 0.05) is 13.0 Å². The van der Waals surface area contributed by atoms with E-state index in [1.807, 2.05) is 27.7 Å². The molecular weight excluding hydrogens is 258 g/mol. The summed E-state index contributed by atoms with van der Waals surface area (Å²) in [4.78, 5) is 20.8. The number of hydrogen-bond donors (Lipinski definition) is 3. The van der Waals surface area contributed by atoms with E-state index < -0.39 is 5.54 Å². The highest BCUT2D eigenvalue weighted by molar-refractivity contribution is 5.97. The molecular formula is C13H23N5O2. The fourth-order valence-corrected chi connectivity index (χ4v) is 1.72. The number of rotatable bonds is 6. The molecule has 0 aliphatic rings. The first-order valence-electron chi connectivity index (χ1n) is 6.45. The normalized spacial score (nSPS) is 11.6. The molecule has 0 atom stereocenters. The van der Waals surface area contributed by atoms with E-state index in [2.05, 4.69) is 20.7 Å². The highest BCUT2D eigenvalue weighted by Crippen LogP contribution is 2.16. The quantitative estimate of drug-likeness (QED) is 0.532. The van der Waals surface area contributed by atoms with Gasteiger partial charge in [-0.05, 0) is 13.8 Å². The zero-order chi connectivity index (χ0) is 15.3. The number of amides is 1. The van der Waals surface area contributed by atoms with Gasteiger partial charge in [-0.2, -0.15) is 0 Å². The Balaban J connectivity index is 3.04. The summed E-state index contributed by atoms with van der Waals surface area (Å²) in [5.74, 6) is 5.81. The Kier molecular flexibility index (Phi) is 5.41. The average Bonchev–Trinajstić information content (AvgIpc) is 2.37. The first kappa shape index (κ1) is 16.3. The molecule has 1 aromatic heterocycles. The van der Waals surface area contributed by atoms with Crippen molar-refractivity contribution in [2.24, 2.45) is 5.84 Å². The van der Waals surface area contributed by atoms with E-state index in [-0.39, 0.29) is 17.5 Å². The van der Waals surface area contributed by atoms with Gasteiger partial charge >= 0.3 is 0 Å². The van der Waals surface area contributed by atoms with Gasteiger partial charge in [0.15, 0.2) is 5.69 Å². The van der Waals surface area contributed by atoms with Crippen LogP contribution in [-0.2, 0) is 4.74 Å². The molecule has 7 nitrogen and oxygen atoms in total. The van der Waals surface area contributed by atoms with Crippen LogP contribution in [-0.4, -0.2) is 35.1 Å². The van der Waals surface area contributed by atoms with E-state index in [1.54, 1.807) is 7.11 Å². The van der Waals surface area contributed by atoms with Crippen molar-refractivity contribution in [1.29, 1.82) is 0 Å². The fourth-order valence-electron chi connectivity index (χ4n) is 1.72. The number of methoxy groups -OCH3 is 1. The number of hydrogen-bond acceptors (Lipinski definition) is 6. The van der Waals surface area contributed by atoms with Crippen LogP contribution in [0.1, 0.15) is 49.9 Å². The summed E-state index contributed by atoms with van der Waals surface area (Å²) >= 11 is 0. The van der Waals surface area contributed by atoms with E-state index in [0.29, 0.717) is 18.1 Å². The summed E-state index contributed by atoms with van der Waals surface area (Å²) in [5.41, 5.74) is 2.56. The standard InChI is InChI=1S/C13H23N5O2/c1-8(2)11-15-6-9(18-14)10(16-11)12(19)17-13(3,4)7-20-5/h6,8,18H,7,14H2,1-5H3,(H,17,19). The minimum Gasteiger partial charge on any atom is -0.382 e. The first-order chi connectivity index (χ1) is 9.30. The van der Waals surface area contributed by atoms with Crippen LogP contribution in [0, 0.1) is 0 Å². The third-order valence-electron chi connectivity index (χ3n) is 2.65. The molecule has 0 radical (unpaired) electrons. The highest BCUT2D eigenvalue weighted by Gasteiger charge is 2.24. The third-order valence-corrected chi connectivity index (χ3v) is 2.65. The SMILES string of the molecule is COCC(C)(C)NC(=O)c1nc(C(C)C)ncc1NN. The van der Waals surface area contributed by atoms with Gasteiger partial charge in [0.05, 0.1) is 24.0 Å². The molecule has 1 heterocycles. The number of nitrogens with zero attached hydrogens (tertiary/aromatic N) is 2. The number of nitrogen functional groups attached to an aromatic ring is 1. The second-order valence-corrected chi connectivity index (χ2v) is 5.56. The van der Waals surface area contributed by atoms with Crippen LogP contribution in [0.3, 0.4) is 0 Å². The minimum absolute atomic E-state index is 0.125. The molecule has 1 rings (SSSR count). The summed E-state index contributed by atoms with van der Waals surface area (Å²) in [6.45, 7) is 8.05. The lowest BCUT2D eigenvalue weighted by Gasteiger charge is -2.25.